The standard InChI is InChI=1S/C9H5NO5/c11-6-3-4-15-9-5(6)1-2-7(12)8(9)10(13)14/h1-4,12H. The van der Waals surface area contributed by atoms with E-state index < -0.39 is 16.4 Å². The number of nitrogens with zero attached hydrogens (tertiary/aromatic N) is 1. The van der Waals surface area contributed by atoms with Crippen LogP contribution >= 0.6 is 0 Å². The Labute approximate surface area is 82.5 Å². The van der Waals surface area contributed by atoms with E-state index >= 15 is 0 Å². The van der Waals surface area contributed by atoms with Crippen LogP contribution in [-0.2, 0) is 0 Å². The highest BCUT2D eigenvalue weighted by molar-refractivity contribution is 5.87. The molecule has 0 amide bonds. The predicted molar refractivity (Wildman–Crippen MR) is 50.8 cm³/mol. The maximum Gasteiger partial charge on any atom is 0.353 e. The first-order valence-electron chi connectivity index (χ1n) is 3.99. The molecule has 0 aliphatic rings. The summed E-state index contributed by atoms with van der Waals surface area (Å²) in [5, 5.41) is 20.0. The van der Waals surface area contributed by atoms with Gasteiger partial charge in [0, 0.05) is 6.07 Å². The van der Waals surface area contributed by atoms with E-state index in [0.717, 1.165) is 18.4 Å². The number of nitro groups is 1. The molecular formula is C9H5NO5. The summed E-state index contributed by atoms with van der Waals surface area (Å²) in [6.07, 6.45) is 1.05. The Morgan fingerprint density at radius 2 is 2.07 bits per heavy atom. The van der Waals surface area contributed by atoms with E-state index in [-0.39, 0.29) is 16.4 Å². The number of hydrogen-bond acceptors (Lipinski definition) is 5. The van der Waals surface area contributed by atoms with Gasteiger partial charge in [-0.05, 0) is 12.1 Å². The normalized spacial score (nSPS) is 10.4. The lowest BCUT2D eigenvalue weighted by atomic mass is 10.2. The van der Waals surface area contributed by atoms with Gasteiger partial charge in [-0.2, -0.15) is 0 Å². The fraction of sp³-hybridized carbons (Fsp3) is 0. The van der Waals surface area contributed by atoms with E-state index in [1.54, 1.807) is 0 Å². The molecule has 1 heterocycles. The smallest absolute Gasteiger partial charge is 0.353 e. The third-order valence-corrected chi connectivity index (χ3v) is 1.96. The lowest BCUT2D eigenvalue weighted by Gasteiger charge is -1.98. The SMILES string of the molecule is O=c1ccoc2c([N+](=O)[O-])c(O)ccc12. The molecule has 76 valence electrons. The van der Waals surface area contributed by atoms with Gasteiger partial charge in [-0.1, -0.05) is 0 Å². The highest BCUT2D eigenvalue weighted by Crippen LogP contribution is 2.32. The molecule has 1 aromatic carbocycles. The Balaban J connectivity index is 3.01. The van der Waals surface area contributed by atoms with Gasteiger partial charge in [-0.3, -0.25) is 14.9 Å². The zero-order valence-electron chi connectivity index (χ0n) is 7.34. The van der Waals surface area contributed by atoms with Crippen LogP contribution in [0, 0.1) is 10.1 Å². The molecular weight excluding hydrogens is 202 g/mol. The third kappa shape index (κ3) is 1.32. The summed E-state index contributed by atoms with van der Waals surface area (Å²) in [6.45, 7) is 0. The molecule has 0 radical (unpaired) electrons. The molecule has 6 nitrogen and oxygen atoms in total. The van der Waals surface area contributed by atoms with Crippen LogP contribution in [0.1, 0.15) is 0 Å². The van der Waals surface area contributed by atoms with Crippen molar-refractivity contribution in [1.82, 2.24) is 0 Å². The number of hydrogen-bond donors (Lipinski definition) is 1. The zero-order valence-corrected chi connectivity index (χ0v) is 7.34. The molecule has 0 fully saturated rings. The van der Waals surface area contributed by atoms with Crippen molar-refractivity contribution < 1.29 is 14.4 Å². The Kier molecular flexibility index (Phi) is 1.89. The zero-order chi connectivity index (χ0) is 11.0. The Hall–Kier alpha value is -2.37. The van der Waals surface area contributed by atoms with Gasteiger partial charge >= 0.3 is 5.69 Å². The molecule has 0 atom stereocenters. The molecule has 0 aliphatic heterocycles. The van der Waals surface area contributed by atoms with E-state index in [0.29, 0.717) is 0 Å². The fourth-order valence-electron chi connectivity index (χ4n) is 1.30. The Morgan fingerprint density at radius 3 is 2.73 bits per heavy atom. The summed E-state index contributed by atoms with van der Waals surface area (Å²) in [6, 6.07) is 3.53. The number of benzene rings is 1. The van der Waals surface area contributed by atoms with Gasteiger partial charge in [0.1, 0.15) is 0 Å². The third-order valence-electron chi connectivity index (χ3n) is 1.96. The number of fused-ring (bicyclic) bond motifs is 1. The van der Waals surface area contributed by atoms with Gasteiger partial charge in [0.05, 0.1) is 16.6 Å². The van der Waals surface area contributed by atoms with Crippen LogP contribution in [0.5, 0.6) is 5.75 Å². The van der Waals surface area contributed by atoms with Gasteiger partial charge in [0.2, 0.25) is 5.58 Å². The quantitative estimate of drug-likeness (QED) is 0.563. The van der Waals surface area contributed by atoms with Crippen LogP contribution in [0.25, 0.3) is 11.0 Å². The molecule has 0 aliphatic carbocycles. The Morgan fingerprint density at radius 1 is 1.33 bits per heavy atom. The van der Waals surface area contributed by atoms with Crippen LogP contribution in [0.2, 0.25) is 0 Å². The summed E-state index contributed by atoms with van der Waals surface area (Å²) < 4.78 is 4.86. The maximum atomic E-state index is 11.3. The maximum absolute atomic E-state index is 11.3. The van der Waals surface area contributed by atoms with Crippen molar-refractivity contribution in [2.45, 2.75) is 0 Å². The van der Waals surface area contributed by atoms with E-state index in [9.17, 15) is 20.0 Å². The number of phenolic OH excluding ortho intramolecular Hbond substituents is 1. The minimum absolute atomic E-state index is 0.0713. The topological polar surface area (TPSA) is 93.6 Å². The second kappa shape index (κ2) is 3.09. The van der Waals surface area contributed by atoms with Crippen molar-refractivity contribution in [3.05, 3.63) is 44.8 Å². The van der Waals surface area contributed by atoms with Crippen molar-refractivity contribution in [2.24, 2.45) is 0 Å². The van der Waals surface area contributed by atoms with E-state index in [2.05, 4.69) is 0 Å². The van der Waals surface area contributed by atoms with Crippen molar-refractivity contribution >= 4 is 16.7 Å². The van der Waals surface area contributed by atoms with Crippen LogP contribution in [-0.4, -0.2) is 10.0 Å². The van der Waals surface area contributed by atoms with Crippen LogP contribution < -0.4 is 5.43 Å². The highest BCUT2D eigenvalue weighted by Gasteiger charge is 2.21. The fourth-order valence-corrected chi connectivity index (χ4v) is 1.30. The van der Waals surface area contributed by atoms with Crippen LogP contribution in [0.4, 0.5) is 5.69 Å². The molecule has 15 heavy (non-hydrogen) atoms. The number of nitro benzene ring substituents is 1. The largest absolute Gasteiger partial charge is 0.502 e. The first kappa shape index (κ1) is 9.20. The summed E-state index contributed by atoms with van der Waals surface area (Å²) in [5.41, 5.74) is -1.20. The average molecular weight is 207 g/mol. The van der Waals surface area contributed by atoms with E-state index in [4.69, 9.17) is 4.42 Å². The van der Waals surface area contributed by atoms with Crippen molar-refractivity contribution in [1.29, 1.82) is 0 Å². The van der Waals surface area contributed by atoms with Gasteiger partial charge in [0.15, 0.2) is 11.2 Å². The Bertz CT molecular complexity index is 601. The van der Waals surface area contributed by atoms with Crippen molar-refractivity contribution in [3.8, 4) is 5.75 Å². The molecule has 2 rings (SSSR count). The highest BCUT2D eigenvalue weighted by atomic mass is 16.6. The lowest BCUT2D eigenvalue weighted by Crippen LogP contribution is -2.00. The molecule has 0 saturated heterocycles. The molecule has 1 aromatic heterocycles. The van der Waals surface area contributed by atoms with Gasteiger partial charge in [0.25, 0.3) is 0 Å². The number of aromatic hydroxyl groups is 1. The molecule has 0 bridgehead atoms. The molecule has 1 N–H and O–H groups in total. The van der Waals surface area contributed by atoms with E-state index in [1.165, 1.54) is 6.07 Å². The summed E-state index contributed by atoms with van der Waals surface area (Å²) in [7, 11) is 0. The molecule has 0 spiro atoms. The summed E-state index contributed by atoms with van der Waals surface area (Å²) in [4.78, 5) is 21.1. The monoisotopic (exact) mass is 207 g/mol. The van der Waals surface area contributed by atoms with Gasteiger partial charge in [-0.15, -0.1) is 0 Å². The second-order valence-corrected chi connectivity index (χ2v) is 2.85. The minimum Gasteiger partial charge on any atom is -0.502 e. The molecule has 2 aromatic rings. The van der Waals surface area contributed by atoms with Crippen LogP contribution in [0.15, 0.2) is 33.7 Å². The summed E-state index contributed by atoms with van der Waals surface area (Å²) in [5.74, 6) is -0.526. The van der Waals surface area contributed by atoms with Gasteiger partial charge in [-0.25, -0.2) is 0 Å². The van der Waals surface area contributed by atoms with Crippen molar-refractivity contribution in [3.63, 3.8) is 0 Å². The number of phenols is 1. The first-order valence-corrected chi connectivity index (χ1v) is 3.99. The predicted octanol–water partition coefficient (Wildman–Crippen LogP) is 1.41. The first-order chi connectivity index (χ1) is 7.11. The second-order valence-electron chi connectivity index (χ2n) is 2.85. The minimum atomic E-state index is -0.791. The van der Waals surface area contributed by atoms with Gasteiger partial charge < -0.3 is 9.52 Å². The average Bonchev–Trinajstić information content (AvgIpc) is 2.17. The lowest BCUT2D eigenvalue weighted by molar-refractivity contribution is -0.384. The number of rotatable bonds is 1. The van der Waals surface area contributed by atoms with E-state index in [1.807, 2.05) is 0 Å². The molecule has 0 unspecified atom stereocenters. The van der Waals surface area contributed by atoms with Crippen molar-refractivity contribution in [2.75, 3.05) is 0 Å². The summed E-state index contributed by atoms with van der Waals surface area (Å²) >= 11 is 0. The van der Waals surface area contributed by atoms with Crippen LogP contribution in [0.3, 0.4) is 0 Å². The molecule has 6 heteroatoms. The molecule has 0 saturated carbocycles.